The van der Waals surface area contributed by atoms with Crippen molar-refractivity contribution in [2.75, 3.05) is 23.7 Å². The average Bonchev–Trinajstić information content (AvgIpc) is 3.02. The van der Waals surface area contributed by atoms with Gasteiger partial charge in [0.2, 0.25) is 0 Å². The Bertz CT molecular complexity index is 1040. The van der Waals surface area contributed by atoms with Crippen LogP contribution in [0, 0.1) is 6.92 Å². The molecule has 0 bridgehead atoms. The first-order valence-electron chi connectivity index (χ1n) is 8.87. The molecule has 0 aliphatic carbocycles. The molecular weight excluding hydrogens is 376 g/mol. The summed E-state index contributed by atoms with van der Waals surface area (Å²) in [4.78, 5) is 23.8. The van der Waals surface area contributed by atoms with Gasteiger partial charge < -0.3 is 15.7 Å². The van der Waals surface area contributed by atoms with E-state index in [-0.39, 0.29) is 11.7 Å². The molecule has 0 saturated heterocycles. The Morgan fingerprint density at radius 3 is 2.75 bits per heavy atom. The van der Waals surface area contributed by atoms with E-state index in [9.17, 15) is 9.90 Å². The van der Waals surface area contributed by atoms with E-state index < -0.39 is 0 Å². The van der Waals surface area contributed by atoms with E-state index in [0.717, 1.165) is 24.3 Å². The van der Waals surface area contributed by atoms with Crippen LogP contribution in [-0.2, 0) is 0 Å². The highest BCUT2D eigenvalue weighted by molar-refractivity contribution is 7.20. The van der Waals surface area contributed by atoms with Gasteiger partial charge in [0.25, 0.3) is 5.91 Å². The number of carbonyl (C=O) groups is 1. The van der Waals surface area contributed by atoms with Crippen LogP contribution in [0.5, 0.6) is 5.75 Å². The van der Waals surface area contributed by atoms with Gasteiger partial charge in [-0.05, 0) is 38.5 Å². The molecule has 0 fully saturated rings. The number of rotatable bonds is 6. The molecule has 0 unspecified atom stereocenters. The summed E-state index contributed by atoms with van der Waals surface area (Å²) in [6, 6.07) is 5.36. The van der Waals surface area contributed by atoms with Crippen molar-refractivity contribution in [1.29, 1.82) is 0 Å². The highest BCUT2D eigenvalue weighted by Gasteiger charge is 2.18. The molecule has 0 aliphatic rings. The van der Waals surface area contributed by atoms with Gasteiger partial charge in [-0.3, -0.25) is 4.79 Å². The lowest BCUT2D eigenvalue weighted by molar-refractivity contribution is 0.0958. The number of phenolic OH excluding ortho intramolecular Hbond substituents is 1. The summed E-state index contributed by atoms with van der Waals surface area (Å²) in [6.07, 6.45) is 2.79. The fraction of sp³-hybridized carbons (Fsp3) is 0.263. The topological polar surface area (TPSA) is 117 Å². The van der Waals surface area contributed by atoms with E-state index >= 15 is 0 Å². The normalized spacial score (nSPS) is 11.2. The minimum atomic E-state index is -0.365. The predicted octanol–water partition coefficient (Wildman–Crippen LogP) is 2.90. The number of nitrogen functional groups attached to an aromatic ring is 1. The van der Waals surface area contributed by atoms with Gasteiger partial charge in [-0.2, -0.15) is 5.10 Å². The maximum atomic E-state index is 12.5. The van der Waals surface area contributed by atoms with Crippen molar-refractivity contribution >= 4 is 45.2 Å². The molecule has 1 amide bonds. The zero-order valence-electron chi connectivity index (χ0n) is 15.9. The molecule has 0 spiro atoms. The lowest BCUT2D eigenvalue weighted by Crippen LogP contribution is -2.21. The van der Waals surface area contributed by atoms with Crippen LogP contribution < -0.4 is 16.1 Å². The number of thiophene rings is 1. The van der Waals surface area contributed by atoms with Gasteiger partial charge in [0.15, 0.2) is 0 Å². The number of nitrogens with zero attached hydrogens (tertiary/aromatic N) is 4. The van der Waals surface area contributed by atoms with Crippen LogP contribution in [-0.4, -0.2) is 40.3 Å². The molecule has 2 heterocycles. The van der Waals surface area contributed by atoms with Crippen LogP contribution in [0.1, 0.15) is 34.6 Å². The number of hydrazone groups is 1. The third kappa shape index (κ3) is 3.74. The number of nitrogens with two attached hydrogens (primary N) is 1. The van der Waals surface area contributed by atoms with Gasteiger partial charge in [0.05, 0.1) is 16.5 Å². The molecular formula is C19H22N6O2S. The Balaban J connectivity index is 1.75. The zero-order chi connectivity index (χ0) is 20.3. The van der Waals surface area contributed by atoms with Crippen molar-refractivity contribution in [2.45, 2.75) is 20.8 Å². The third-order valence-electron chi connectivity index (χ3n) is 4.47. The number of carbonyl (C=O) groups excluding carboxylic acids is 1. The summed E-state index contributed by atoms with van der Waals surface area (Å²) < 4.78 is 0. The highest BCUT2D eigenvalue weighted by Crippen LogP contribution is 2.31. The fourth-order valence-electron chi connectivity index (χ4n) is 2.95. The molecule has 0 saturated carbocycles. The van der Waals surface area contributed by atoms with E-state index in [1.165, 1.54) is 23.9 Å². The zero-order valence-corrected chi connectivity index (χ0v) is 16.7. The molecule has 3 rings (SSSR count). The second-order valence-electron chi connectivity index (χ2n) is 6.11. The maximum absolute atomic E-state index is 12.5. The number of phenols is 1. The molecule has 1 aromatic carbocycles. The van der Waals surface area contributed by atoms with Gasteiger partial charge in [-0.25, -0.2) is 15.4 Å². The van der Waals surface area contributed by atoms with Crippen LogP contribution in [0.15, 0.2) is 29.6 Å². The molecule has 8 nitrogen and oxygen atoms in total. The van der Waals surface area contributed by atoms with Crippen LogP contribution in [0.2, 0.25) is 0 Å². The lowest BCUT2D eigenvalue weighted by atomic mass is 10.2. The number of aryl methyl sites for hydroxylation is 1. The van der Waals surface area contributed by atoms with E-state index in [4.69, 9.17) is 5.73 Å². The van der Waals surface area contributed by atoms with Crippen molar-refractivity contribution in [3.63, 3.8) is 0 Å². The Labute approximate surface area is 166 Å². The highest BCUT2D eigenvalue weighted by atomic mass is 32.1. The molecule has 146 valence electrons. The fourth-order valence-corrected chi connectivity index (χ4v) is 4.00. The SMILES string of the molecule is CCN(CC)c1ccc(/C=N\NC(=O)c2sc3ncnc(N)c3c2C)c(O)c1. The Morgan fingerprint density at radius 2 is 2.11 bits per heavy atom. The standard InChI is InChI=1S/C19H22N6O2S/c1-4-25(5-2)13-7-6-12(14(26)8-13)9-23-24-18(27)16-11(3)15-17(20)21-10-22-19(15)28-16/h6-10,26H,4-5H2,1-3H3,(H,24,27)(H2,20,21,22)/b23-9-. The van der Waals surface area contributed by atoms with Gasteiger partial charge in [-0.1, -0.05) is 0 Å². The Kier molecular flexibility index (Phi) is 5.74. The number of aromatic hydroxyl groups is 1. The molecule has 28 heavy (non-hydrogen) atoms. The molecule has 9 heteroatoms. The Hall–Kier alpha value is -3.20. The number of benzene rings is 1. The lowest BCUT2D eigenvalue weighted by Gasteiger charge is -2.21. The summed E-state index contributed by atoms with van der Waals surface area (Å²) in [7, 11) is 0. The third-order valence-corrected chi connectivity index (χ3v) is 5.67. The second kappa shape index (κ2) is 8.22. The number of amides is 1. The number of anilines is 2. The maximum Gasteiger partial charge on any atom is 0.281 e. The minimum Gasteiger partial charge on any atom is -0.507 e. The predicted molar refractivity (Wildman–Crippen MR) is 113 cm³/mol. The second-order valence-corrected chi connectivity index (χ2v) is 7.11. The average molecular weight is 398 g/mol. The Morgan fingerprint density at radius 1 is 1.36 bits per heavy atom. The molecule has 0 radical (unpaired) electrons. The van der Waals surface area contributed by atoms with Crippen molar-refractivity contribution in [1.82, 2.24) is 15.4 Å². The van der Waals surface area contributed by atoms with Gasteiger partial charge in [-0.15, -0.1) is 11.3 Å². The number of hydrogen-bond donors (Lipinski definition) is 3. The smallest absolute Gasteiger partial charge is 0.281 e. The van der Waals surface area contributed by atoms with E-state index in [1.54, 1.807) is 19.1 Å². The number of nitrogens with one attached hydrogen (secondary N) is 1. The van der Waals surface area contributed by atoms with Crippen LogP contribution >= 0.6 is 11.3 Å². The van der Waals surface area contributed by atoms with E-state index in [2.05, 4.69) is 39.2 Å². The summed E-state index contributed by atoms with van der Waals surface area (Å²) in [5.74, 6) is 0.0819. The molecule has 4 N–H and O–H groups in total. The number of fused-ring (bicyclic) bond motifs is 1. The molecule has 0 aliphatic heterocycles. The first-order valence-corrected chi connectivity index (χ1v) is 9.68. The first-order chi connectivity index (χ1) is 13.5. The summed E-state index contributed by atoms with van der Waals surface area (Å²) in [5, 5.41) is 14.9. The van der Waals surface area contributed by atoms with Crippen LogP contribution in [0.3, 0.4) is 0 Å². The molecule has 0 atom stereocenters. The van der Waals surface area contributed by atoms with Crippen LogP contribution in [0.25, 0.3) is 10.2 Å². The monoisotopic (exact) mass is 398 g/mol. The minimum absolute atomic E-state index is 0.100. The van der Waals surface area contributed by atoms with Crippen LogP contribution in [0.4, 0.5) is 11.5 Å². The number of hydrogen-bond acceptors (Lipinski definition) is 8. The largest absolute Gasteiger partial charge is 0.507 e. The van der Waals surface area contributed by atoms with Gasteiger partial charge in [0, 0.05) is 30.4 Å². The quantitative estimate of drug-likeness (QED) is 0.434. The number of aromatic nitrogens is 2. The summed E-state index contributed by atoms with van der Waals surface area (Å²) in [5.41, 5.74) is 10.5. The van der Waals surface area contributed by atoms with Crippen molar-refractivity contribution < 1.29 is 9.90 Å². The first kappa shape index (κ1) is 19.6. The van der Waals surface area contributed by atoms with Gasteiger partial charge >= 0.3 is 0 Å². The van der Waals surface area contributed by atoms with Crippen molar-refractivity contribution in [3.05, 3.63) is 40.5 Å². The summed E-state index contributed by atoms with van der Waals surface area (Å²) in [6.45, 7) is 7.61. The van der Waals surface area contributed by atoms with Gasteiger partial charge in [0.1, 0.15) is 22.7 Å². The van der Waals surface area contributed by atoms with E-state index in [1.807, 2.05) is 6.07 Å². The van der Waals surface area contributed by atoms with Crippen molar-refractivity contribution in [2.24, 2.45) is 5.10 Å². The summed E-state index contributed by atoms with van der Waals surface area (Å²) >= 11 is 1.23. The van der Waals surface area contributed by atoms with Crippen molar-refractivity contribution in [3.8, 4) is 5.75 Å². The van der Waals surface area contributed by atoms with E-state index in [0.29, 0.717) is 26.5 Å². The molecule has 2 aromatic heterocycles. The molecule has 3 aromatic rings.